The number of carbonyl (C=O) groups excluding carboxylic acids is 1. The molecular formula is C23H26ClFN4O. The van der Waals surface area contributed by atoms with Gasteiger partial charge in [-0.15, -0.1) is 0 Å². The number of aromatic amines is 1. The van der Waals surface area contributed by atoms with E-state index in [1.807, 2.05) is 42.3 Å². The van der Waals surface area contributed by atoms with Crippen molar-refractivity contribution in [3.8, 4) is 11.3 Å². The van der Waals surface area contributed by atoms with Crippen molar-refractivity contribution in [3.63, 3.8) is 0 Å². The molecule has 0 aliphatic rings. The fraction of sp³-hybridized carbons (Fsp3) is 0.304. The van der Waals surface area contributed by atoms with Gasteiger partial charge in [-0.05, 0) is 80.9 Å². The maximum atomic E-state index is 13.0. The normalized spacial score (nSPS) is 11.1. The fourth-order valence-corrected chi connectivity index (χ4v) is 3.30. The van der Waals surface area contributed by atoms with Gasteiger partial charge in [0.05, 0.1) is 12.2 Å². The lowest BCUT2D eigenvalue weighted by Gasteiger charge is -2.16. The summed E-state index contributed by atoms with van der Waals surface area (Å²) in [4.78, 5) is 14.1. The maximum Gasteiger partial charge on any atom is 0.234 e. The van der Waals surface area contributed by atoms with E-state index in [1.54, 1.807) is 12.1 Å². The molecule has 30 heavy (non-hydrogen) atoms. The van der Waals surface area contributed by atoms with Gasteiger partial charge >= 0.3 is 0 Å². The molecule has 0 aliphatic heterocycles. The number of hydrogen-bond acceptors (Lipinski definition) is 3. The van der Waals surface area contributed by atoms with Gasteiger partial charge in [0, 0.05) is 22.8 Å². The number of halogens is 2. The Bertz CT molecular complexity index is 941. The van der Waals surface area contributed by atoms with E-state index in [9.17, 15) is 9.18 Å². The highest BCUT2D eigenvalue weighted by atomic mass is 35.5. The first-order valence-electron chi connectivity index (χ1n) is 9.99. The molecule has 0 aliphatic carbocycles. The van der Waals surface area contributed by atoms with Crippen molar-refractivity contribution in [2.45, 2.75) is 19.3 Å². The van der Waals surface area contributed by atoms with E-state index in [0.29, 0.717) is 18.1 Å². The summed E-state index contributed by atoms with van der Waals surface area (Å²) >= 11 is 5.88. The first-order valence-corrected chi connectivity index (χ1v) is 10.4. The second-order valence-corrected chi connectivity index (χ2v) is 7.79. The molecule has 0 bridgehead atoms. The van der Waals surface area contributed by atoms with Crippen molar-refractivity contribution in [3.05, 3.63) is 76.7 Å². The molecule has 7 heteroatoms. The summed E-state index contributed by atoms with van der Waals surface area (Å²) in [5.74, 6) is -0.238. The standard InChI is InChI=1S/C23H26ClFN4O/c1-29(16-23(30)26-13-12-17-4-8-19(24)9-5-17)14-2-3-21-15-22(28-27-21)18-6-10-20(25)11-7-18/h4-11,15H,2-3,12-14,16H2,1H3,(H,26,30)(H,27,28). The monoisotopic (exact) mass is 428 g/mol. The average Bonchev–Trinajstić information content (AvgIpc) is 3.19. The molecule has 2 aromatic carbocycles. The van der Waals surface area contributed by atoms with Gasteiger partial charge in [-0.1, -0.05) is 23.7 Å². The lowest BCUT2D eigenvalue weighted by atomic mass is 10.1. The van der Waals surface area contributed by atoms with Gasteiger partial charge in [-0.3, -0.25) is 14.8 Å². The van der Waals surface area contributed by atoms with Crippen molar-refractivity contribution in [2.75, 3.05) is 26.7 Å². The first kappa shape index (κ1) is 22.0. The molecule has 158 valence electrons. The van der Waals surface area contributed by atoms with Crippen LogP contribution in [0.2, 0.25) is 5.02 Å². The summed E-state index contributed by atoms with van der Waals surface area (Å²) in [6.45, 7) is 1.77. The van der Waals surface area contributed by atoms with E-state index in [2.05, 4.69) is 15.5 Å². The molecule has 0 saturated heterocycles. The molecule has 0 radical (unpaired) electrons. The predicted molar refractivity (Wildman–Crippen MR) is 118 cm³/mol. The smallest absolute Gasteiger partial charge is 0.234 e. The van der Waals surface area contributed by atoms with Crippen LogP contribution in [-0.2, 0) is 17.6 Å². The van der Waals surface area contributed by atoms with Crippen LogP contribution in [0.3, 0.4) is 0 Å². The van der Waals surface area contributed by atoms with E-state index in [1.165, 1.54) is 12.1 Å². The quantitative estimate of drug-likeness (QED) is 0.511. The Morgan fingerprint density at radius 1 is 1.13 bits per heavy atom. The third-order valence-electron chi connectivity index (χ3n) is 4.82. The zero-order valence-electron chi connectivity index (χ0n) is 17.0. The Balaban J connectivity index is 1.33. The van der Waals surface area contributed by atoms with Crippen LogP contribution in [0.1, 0.15) is 17.7 Å². The Morgan fingerprint density at radius 3 is 2.60 bits per heavy atom. The van der Waals surface area contributed by atoms with Crippen LogP contribution >= 0.6 is 11.6 Å². The maximum absolute atomic E-state index is 13.0. The highest BCUT2D eigenvalue weighted by molar-refractivity contribution is 6.30. The molecule has 0 atom stereocenters. The third-order valence-corrected chi connectivity index (χ3v) is 5.07. The van der Waals surface area contributed by atoms with Gasteiger partial charge in [-0.25, -0.2) is 4.39 Å². The Hall–Kier alpha value is -2.70. The van der Waals surface area contributed by atoms with E-state index in [4.69, 9.17) is 11.6 Å². The number of rotatable bonds is 10. The summed E-state index contributed by atoms with van der Waals surface area (Å²) in [6, 6.07) is 15.9. The van der Waals surface area contributed by atoms with Crippen molar-refractivity contribution >= 4 is 17.5 Å². The number of amides is 1. The highest BCUT2D eigenvalue weighted by Gasteiger charge is 2.08. The molecule has 2 N–H and O–H groups in total. The second kappa shape index (κ2) is 10.9. The SMILES string of the molecule is CN(CCCc1cc(-c2ccc(F)cc2)n[nH]1)CC(=O)NCCc1ccc(Cl)cc1. The van der Waals surface area contributed by atoms with E-state index in [0.717, 1.165) is 48.3 Å². The van der Waals surface area contributed by atoms with Gasteiger partial charge in [0.1, 0.15) is 5.82 Å². The molecule has 1 amide bonds. The van der Waals surface area contributed by atoms with Crippen LogP contribution in [-0.4, -0.2) is 47.7 Å². The minimum absolute atomic E-state index is 0.0200. The Labute approximate surface area is 181 Å². The van der Waals surface area contributed by atoms with Crippen molar-refractivity contribution in [1.29, 1.82) is 0 Å². The zero-order valence-corrected chi connectivity index (χ0v) is 17.8. The number of likely N-dealkylation sites (N-methyl/N-ethyl adjacent to an activating group) is 1. The lowest BCUT2D eigenvalue weighted by Crippen LogP contribution is -2.36. The number of aromatic nitrogens is 2. The molecule has 3 rings (SSSR count). The van der Waals surface area contributed by atoms with Crippen LogP contribution in [0.25, 0.3) is 11.3 Å². The summed E-state index contributed by atoms with van der Waals surface area (Å²) in [5.41, 5.74) is 3.85. The predicted octanol–water partition coefficient (Wildman–Crippen LogP) is 4.09. The van der Waals surface area contributed by atoms with Gasteiger partial charge in [0.2, 0.25) is 5.91 Å². The van der Waals surface area contributed by atoms with Crippen molar-refractivity contribution in [2.24, 2.45) is 0 Å². The molecule has 0 fully saturated rings. The Morgan fingerprint density at radius 2 is 1.87 bits per heavy atom. The molecule has 0 unspecified atom stereocenters. The molecular weight excluding hydrogens is 403 g/mol. The van der Waals surface area contributed by atoms with E-state index < -0.39 is 0 Å². The van der Waals surface area contributed by atoms with Crippen LogP contribution in [0.4, 0.5) is 4.39 Å². The van der Waals surface area contributed by atoms with E-state index >= 15 is 0 Å². The third kappa shape index (κ3) is 6.97. The molecule has 1 heterocycles. The molecule has 3 aromatic rings. The van der Waals surface area contributed by atoms with Crippen molar-refractivity contribution < 1.29 is 9.18 Å². The molecule has 0 saturated carbocycles. The van der Waals surface area contributed by atoms with Crippen LogP contribution in [0.15, 0.2) is 54.6 Å². The molecule has 1 aromatic heterocycles. The number of H-pyrrole nitrogens is 1. The lowest BCUT2D eigenvalue weighted by molar-refractivity contribution is -0.121. The minimum atomic E-state index is -0.258. The van der Waals surface area contributed by atoms with Crippen LogP contribution in [0, 0.1) is 5.82 Å². The first-order chi connectivity index (χ1) is 14.5. The minimum Gasteiger partial charge on any atom is -0.355 e. The Kier molecular flexibility index (Phi) is 7.99. The van der Waals surface area contributed by atoms with Gasteiger partial charge in [0.15, 0.2) is 0 Å². The summed E-state index contributed by atoms with van der Waals surface area (Å²) in [7, 11) is 1.94. The fourth-order valence-electron chi connectivity index (χ4n) is 3.18. The average molecular weight is 429 g/mol. The molecule has 5 nitrogen and oxygen atoms in total. The number of aryl methyl sites for hydroxylation is 1. The van der Waals surface area contributed by atoms with Gasteiger partial charge in [0.25, 0.3) is 0 Å². The number of nitrogens with zero attached hydrogens (tertiary/aromatic N) is 2. The number of hydrogen-bond donors (Lipinski definition) is 2. The summed E-state index contributed by atoms with van der Waals surface area (Å²) < 4.78 is 13.0. The topological polar surface area (TPSA) is 61.0 Å². The summed E-state index contributed by atoms with van der Waals surface area (Å²) in [6.07, 6.45) is 2.51. The second-order valence-electron chi connectivity index (χ2n) is 7.35. The summed E-state index contributed by atoms with van der Waals surface area (Å²) in [5, 5.41) is 11.0. The van der Waals surface area contributed by atoms with Gasteiger partial charge < -0.3 is 5.32 Å². The zero-order chi connectivity index (χ0) is 21.3. The highest BCUT2D eigenvalue weighted by Crippen LogP contribution is 2.18. The van der Waals surface area contributed by atoms with Gasteiger partial charge in [-0.2, -0.15) is 5.10 Å². The number of carbonyl (C=O) groups is 1. The number of nitrogens with one attached hydrogen (secondary N) is 2. The van der Waals surface area contributed by atoms with Crippen LogP contribution in [0.5, 0.6) is 0 Å². The van der Waals surface area contributed by atoms with Crippen LogP contribution < -0.4 is 5.32 Å². The molecule has 0 spiro atoms. The van der Waals surface area contributed by atoms with E-state index in [-0.39, 0.29) is 11.7 Å². The largest absolute Gasteiger partial charge is 0.355 e. The van der Waals surface area contributed by atoms with Crippen molar-refractivity contribution in [1.82, 2.24) is 20.4 Å². The number of benzene rings is 2.